The Hall–Kier alpha value is -0.610. The molecule has 0 bridgehead atoms. The summed E-state index contributed by atoms with van der Waals surface area (Å²) in [7, 11) is 1.90. The smallest absolute Gasteiger partial charge is 0.327 e. The Labute approximate surface area is 130 Å². The van der Waals surface area contributed by atoms with Crippen molar-refractivity contribution in [2.24, 2.45) is 17.8 Å². The van der Waals surface area contributed by atoms with Gasteiger partial charge in [0.05, 0.1) is 6.61 Å². The van der Waals surface area contributed by atoms with E-state index in [2.05, 4.69) is 37.9 Å². The highest BCUT2D eigenvalue weighted by molar-refractivity contribution is 5.82. The molecule has 0 spiro atoms. The summed E-state index contributed by atoms with van der Waals surface area (Å²) in [6.45, 7) is 14.1. The summed E-state index contributed by atoms with van der Waals surface area (Å²) < 4.78 is 5.38. The van der Waals surface area contributed by atoms with E-state index in [0.29, 0.717) is 24.4 Å². The van der Waals surface area contributed by atoms with Crippen molar-refractivity contribution in [1.82, 2.24) is 10.2 Å². The molecule has 1 atom stereocenters. The van der Waals surface area contributed by atoms with Gasteiger partial charge in [-0.25, -0.2) is 4.79 Å². The third-order valence-electron chi connectivity index (χ3n) is 4.08. The molecule has 0 aliphatic heterocycles. The third-order valence-corrected chi connectivity index (χ3v) is 4.08. The van der Waals surface area contributed by atoms with Gasteiger partial charge in [0.2, 0.25) is 0 Å². The number of ether oxygens (including phenoxy) is 1. The van der Waals surface area contributed by atoms with Gasteiger partial charge in [-0.1, -0.05) is 27.7 Å². The van der Waals surface area contributed by atoms with Crippen molar-refractivity contribution in [3.8, 4) is 0 Å². The molecule has 1 aliphatic rings. The van der Waals surface area contributed by atoms with Crippen LogP contribution in [0.25, 0.3) is 0 Å². The van der Waals surface area contributed by atoms with Gasteiger partial charge < -0.3 is 15.0 Å². The van der Waals surface area contributed by atoms with Crippen molar-refractivity contribution in [3.63, 3.8) is 0 Å². The fourth-order valence-electron chi connectivity index (χ4n) is 3.17. The molecule has 0 aromatic heterocycles. The summed E-state index contributed by atoms with van der Waals surface area (Å²) in [4.78, 5) is 15.0. The summed E-state index contributed by atoms with van der Waals surface area (Å²) in [5.74, 6) is 1.54. The van der Waals surface area contributed by atoms with E-state index in [1.54, 1.807) is 0 Å². The van der Waals surface area contributed by atoms with Crippen molar-refractivity contribution in [2.45, 2.75) is 53.0 Å². The van der Waals surface area contributed by atoms with Gasteiger partial charge in [0.15, 0.2) is 0 Å². The zero-order chi connectivity index (χ0) is 16.0. The SMILES string of the molecule is CCOC(=O)C(CN(CC(C)C)CC(C)C)(NC)C1CC1. The van der Waals surface area contributed by atoms with Gasteiger partial charge in [0.1, 0.15) is 5.54 Å². The molecule has 0 heterocycles. The Morgan fingerprint density at radius 3 is 2.10 bits per heavy atom. The van der Waals surface area contributed by atoms with Crippen LogP contribution in [0.2, 0.25) is 0 Å². The lowest BCUT2D eigenvalue weighted by molar-refractivity contribution is -0.153. The maximum atomic E-state index is 12.6. The third kappa shape index (κ3) is 5.26. The Balaban J connectivity index is 2.87. The van der Waals surface area contributed by atoms with Gasteiger partial charge >= 0.3 is 5.97 Å². The minimum absolute atomic E-state index is 0.0764. The fourth-order valence-corrected chi connectivity index (χ4v) is 3.17. The molecule has 21 heavy (non-hydrogen) atoms. The van der Waals surface area contributed by atoms with Gasteiger partial charge in [-0.3, -0.25) is 0 Å². The monoisotopic (exact) mass is 298 g/mol. The largest absolute Gasteiger partial charge is 0.465 e. The van der Waals surface area contributed by atoms with Crippen LogP contribution in [0.5, 0.6) is 0 Å². The first-order valence-corrected chi connectivity index (χ1v) is 8.44. The van der Waals surface area contributed by atoms with E-state index < -0.39 is 5.54 Å². The highest BCUT2D eigenvalue weighted by atomic mass is 16.5. The number of hydrogen-bond donors (Lipinski definition) is 1. The first-order valence-electron chi connectivity index (χ1n) is 8.44. The van der Waals surface area contributed by atoms with E-state index in [9.17, 15) is 4.79 Å². The fraction of sp³-hybridized carbons (Fsp3) is 0.941. The van der Waals surface area contributed by atoms with E-state index >= 15 is 0 Å². The molecular weight excluding hydrogens is 264 g/mol. The van der Waals surface area contributed by atoms with Crippen molar-refractivity contribution in [3.05, 3.63) is 0 Å². The molecule has 1 fully saturated rings. The predicted molar refractivity (Wildman–Crippen MR) is 87.3 cm³/mol. The summed E-state index contributed by atoms with van der Waals surface area (Å²) in [6, 6.07) is 0. The molecule has 4 nitrogen and oxygen atoms in total. The second kappa shape index (κ2) is 8.14. The zero-order valence-corrected chi connectivity index (χ0v) is 14.7. The highest BCUT2D eigenvalue weighted by Crippen LogP contribution is 2.41. The van der Waals surface area contributed by atoms with Crippen molar-refractivity contribution < 1.29 is 9.53 Å². The van der Waals surface area contributed by atoms with Crippen molar-refractivity contribution in [2.75, 3.05) is 33.3 Å². The van der Waals surface area contributed by atoms with Crippen LogP contribution >= 0.6 is 0 Å². The molecule has 0 aromatic rings. The average Bonchev–Trinajstić information content (AvgIpc) is 3.19. The first kappa shape index (κ1) is 18.4. The average molecular weight is 298 g/mol. The number of likely N-dealkylation sites (N-methyl/N-ethyl adjacent to an activating group) is 1. The summed E-state index contributed by atoms with van der Waals surface area (Å²) in [6.07, 6.45) is 2.24. The van der Waals surface area contributed by atoms with Crippen molar-refractivity contribution >= 4 is 5.97 Å². The summed E-state index contributed by atoms with van der Waals surface area (Å²) in [5.41, 5.74) is -0.528. The van der Waals surface area contributed by atoms with Gasteiger partial charge in [-0.2, -0.15) is 0 Å². The second-order valence-electron chi connectivity index (χ2n) is 7.20. The lowest BCUT2D eigenvalue weighted by Crippen LogP contribution is -2.60. The van der Waals surface area contributed by atoms with E-state index in [1.807, 2.05) is 14.0 Å². The second-order valence-corrected chi connectivity index (χ2v) is 7.20. The van der Waals surface area contributed by atoms with Crippen LogP contribution in [0.3, 0.4) is 0 Å². The number of carbonyl (C=O) groups is 1. The zero-order valence-electron chi connectivity index (χ0n) is 14.7. The van der Waals surface area contributed by atoms with E-state index in [0.717, 1.165) is 32.5 Å². The summed E-state index contributed by atoms with van der Waals surface area (Å²) in [5, 5.41) is 3.32. The van der Waals surface area contributed by atoms with Crippen LogP contribution in [0, 0.1) is 17.8 Å². The van der Waals surface area contributed by atoms with Crippen LogP contribution in [0.1, 0.15) is 47.5 Å². The molecule has 0 radical (unpaired) electrons. The Kier molecular flexibility index (Phi) is 7.14. The van der Waals surface area contributed by atoms with Gasteiger partial charge in [0, 0.05) is 19.6 Å². The maximum Gasteiger partial charge on any atom is 0.327 e. The normalized spacial score (nSPS) is 18.3. The Morgan fingerprint density at radius 1 is 1.24 bits per heavy atom. The van der Waals surface area contributed by atoms with E-state index in [-0.39, 0.29) is 5.97 Å². The molecule has 0 amide bonds. The highest BCUT2D eigenvalue weighted by Gasteiger charge is 2.51. The number of nitrogens with zero attached hydrogens (tertiary/aromatic N) is 1. The van der Waals surface area contributed by atoms with Crippen LogP contribution in [-0.4, -0.2) is 49.7 Å². The minimum Gasteiger partial charge on any atom is -0.465 e. The summed E-state index contributed by atoms with van der Waals surface area (Å²) >= 11 is 0. The first-order chi connectivity index (χ1) is 9.85. The Morgan fingerprint density at radius 2 is 1.76 bits per heavy atom. The van der Waals surface area contributed by atoms with Crippen LogP contribution in [0.4, 0.5) is 0 Å². The molecule has 124 valence electrons. The van der Waals surface area contributed by atoms with Crippen LogP contribution in [-0.2, 0) is 9.53 Å². The molecule has 1 saturated carbocycles. The van der Waals surface area contributed by atoms with Crippen LogP contribution in [0.15, 0.2) is 0 Å². The Bertz CT molecular complexity index is 317. The number of rotatable bonds is 10. The lowest BCUT2D eigenvalue weighted by atomic mass is 9.91. The molecule has 1 rings (SSSR count). The van der Waals surface area contributed by atoms with Crippen LogP contribution < -0.4 is 5.32 Å². The molecule has 1 aliphatic carbocycles. The number of carbonyl (C=O) groups excluding carboxylic acids is 1. The standard InChI is InChI=1S/C17H34N2O2/c1-7-21-16(20)17(18-6,15-8-9-15)12-19(10-13(2)3)11-14(4)5/h13-15,18H,7-12H2,1-6H3. The number of nitrogens with one attached hydrogen (secondary N) is 1. The maximum absolute atomic E-state index is 12.6. The molecule has 1 N–H and O–H groups in total. The quantitative estimate of drug-likeness (QED) is 0.629. The van der Waals surface area contributed by atoms with Gasteiger partial charge in [0.25, 0.3) is 0 Å². The molecule has 4 heteroatoms. The molecule has 1 unspecified atom stereocenters. The number of hydrogen-bond acceptors (Lipinski definition) is 4. The molecule has 0 saturated heterocycles. The lowest BCUT2D eigenvalue weighted by Gasteiger charge is -2.38. The molecular formula is C17H34N2O2. The molecule has 0 aromatic carbocycles. The van der Waals surface area contributed by atoms with E-state index in [1.165, 1.54) is 0 Å². The van der Waals surface area contributed by atoms with Gasteiger partial charge in [-0.05, 0) is 44.6 Å². The topological polar surface area (TPSA) is 41.6 Å². The van der Waals surface area contributed by atoms with Gasteiger partial charge in [-0.15, -0.1) is 0 Å². The van der Waals surface area contributed by atoms with E-state index in [4.69, 9.17) is 4.74 Å². The predicted octanol–water partition coefficient (Wildman–Crippen LogP) is 2.53. The number of esters is 1. The van der Waals surface area contributed by atoms with Crippen molar-refractivity contribution in [1.29, 1.82) is 0 Å². The minimum atomic E-state index is -0.528.